The summed E-state index contributed by atoms with van der Waals surface area (Å²) < 4.78 is 0. The van der Waals surface area contributed by atoms with Crippen LogP contribution in [-0.2, 0) is 0 Å². The van der Waals surface area contributed by atoms with Crippen LogP contribution in [0.5, 0.6) is 0 Å². The fraction of sp³-hybridized carbons (Fsp3) is 0.400. The Morgan fingerprint density at radius 1 is 1.38 bits per heavy atom. The first-order valence-electron chi connectivity index (χ1n) is 2.15. The van der Waals surface area contributed by atoms with Gasteiger partial charge in [-0.25, -0.2) is 4.99 Å². The van der Waals surface area contributed by atoms with Crippen molar-refractivity contribution in [3.05, 3.63) is 11.2 Å². The van der Waals surface area contributed by atoms with Gasteiger partial charge in [0.15, 0.2) is 0 Å². The van der Waals surface area contributed by atoms with Crippen LogP contribution in [0.1, 0.15) is 13.8 Å². The van der Waals surface area contributed by atoms with Gasteiger partial charge in [0, 0.05) is 11.2 Å². The summed E-state index contributed by atoms with van der Waals surface area (Å²) in [7, 11) is 0. The summed E-state index contributed by atoms with van der Waals surface area (Å²) in [4.78, 5) is 3.71. The van der Waals surface area contributed by atoms with Crippen LogP contribution in [-0.4, -0.2) is 5.17 Å². The molecule has 46 valence electrons. The van der Waals surface area contributed by atoms with Gasteiger partial charge in [0.2, 0.25) is 0 Å². The molecule has 0 saturated carbocycles. The van der Waals surface area contributed by atoms with Crippen LogP contribution >= 0.6 is 23.2 Å². The third kappa shape index (κ3) is 5.99. The Hall–Kier alpha value is -0.0100. The molecule has 0 heterocycles. The highest BCUT2D eigenvalue weighted by Gasteiger charge is 1.76. The first-order chi connectivity index (χ1) is 3.63. The summed E-state index contributed by atoms with van der Waals surface area (Å²) in [6, 6.07) is 0. The fourth-order valence-electron chi connectivity index (χ4n) is 0.178. The normalized spacial score (nSPS) is 14.5. The predicted molar refractivity (Wildman–Crippen MR) is 38.6 cm³/mol. The van der Waals surface area contributed by atoms with Crippen molar-refractivity contribution >= 4 is 28.4 Å². The van der Waals surface area contributed by atoms with E-state index in [4.69, 9.17) is 23.2 Å². The number of halogens is 2. The Labute approximate surface area is 59.0 Å². The van der Waals surface area contributed by atoms with Crippen molar-refractivity contribution in [2.75, 3.05) is 0 Å². The lowest BCUT2D eigenvalue weighted by Crippen LogP contribution is -1.69. The van der Waals surface area contributed by atoms with Crippen LogP contribution in [0, 0.1) is 0 Å². The maximum Gasteiger partial charge on any atom is 0.103 e. The van der Waals surface area contributed by atoms with E-state index in [1.807, 2.05) is 0 Å². The minimum atomic E-state index is 0.491. The predicted octanol–water partition coefficient (Wildman–Crippen LogP) is 2.74. The third-order valence-corrected chi connectivity index (χ3v) is 0.616. The molecule has 3 heteroatoms. The van der Waals surface area contributed by atoms with Crippen LogP contribution < -0.4 is 0 Å². The highest BCUT2D eigenvalue weighted by Crippen LogP contribution is 1.98. The van der Waals surface area contributed by atoms with E-state index in [1.54, 1.807) is 13.8 Å². The number of rotatable bonds is 1. The van der Waals surface area contributed by atoms with E-state index >= 15 is 0 Å². The number of aliphatic imine (C=N–C) groups is 1. The second kappa shape index (κ2) is 3.93. The van der Waals surface area contributed by atoms with Gasteiger partial charge in [-0.3, -0.25) is 0 Å². The van der Waals surface area contributed by atoms with Crippen molar-refractivity contribution < 1.29 is 0 Å². The Balaban J connectivity index is 3.76. The summed E-state index contributed by atoms with van der Waals surface area (Å²) in [5.74, 6) is 0. The molecule has 0 unspecified atom stereocenters. The summed E-state index contributed by atoms with van der Waals surface area (Å²) in [5.41, 5.74) is 0. The van der Waals surface area contributed by atoms with Gasteiger partial charge in [0.1, 0.15) is 5.17 Å². The van der Waals surface area contributed by atoms with Crippen molar-refractivity contribution in [1.29, 1.82) is 0 Å². The molecule has 0 aliphatic carbocycles. The van der Waals surface area contributed by atoms with Gasteiger partial charge in [0.25, 0.3) is 0 Å². The minimum Gasteiger partial charge on any atom is -0.248 e. The standard InChI is InChI=1S/C5H7Cl2N/c1-4(6)3-8-5(2)7/h3H,1-2H3/b4-3+,8-5?. The zero-order valence-electron chi connectivity index (χ0n) is 4.78. The zero-order chi connectivity index (χ0) is 6.57. The molecule has 0 bridgehead atoms. The van der Waals surface area contributed by atoms with Gasteiger partial charge < -0.3 is 0 Å². The second-order valence-corrected chi connectivity index (χ2v) is 2.49. The maximum atomic E-state index is 5.42. The van der Waals surface area contributed by atoms with Crippen molar-refractivity contribution in [3.8, 4) is 0 Å². The number of hydrogen-bond donors (Lipinski definition) is 0. The summed E-state index contributed by atoms with van der Waals surface area (Å²) in [6.07, 6.45) is 1.50. The van der Waals surface area contributed by atoms with E-state index in [2.05, 4.69) is 4.99 Å². The van der Waals surface area contributed by atoms with E-state index in [0.717, 1.165) is 0 Å². The van der Waals surface area contributed by atoms with Crippen molar-refractivity contribution in [1.82, 2.24) is 0 Å². The molecule has 1 nitrogen and oxygen atoms in total. The molecule has 0 aliphatic heterocycles. The molecule has 8 heavy (non-hydrogen) atoms. The van der Waals surface area contributed by atoms with Gasteiger partial charge in [-0.1, -0.05) is 23.2 Å². The molecule has 0 spiro atoms. The van der Waals surface area contributed by atoms with Gasteiger partial charge in [-0.2, -0.15) is 0 Å². The van der Waals surface area contributed by atoms with Crippen molar-refractivity contribution in [2.45, 2.75) is 13.8 Å². The molecule has 0 fully saturated rings. The average Bonchev–Trinajstić information content (AvgIpc) is 1.61. The van der Waals surface area contributed by atoms with E-state index in [-0.39, 0.29) is 0 Å². The Morgan fingerprint density at radius 2 is 1.88 bits per heavy atom. The molecular weight excluding hydrogens is 145 g/mol. The van der Waals surface area contributed by atoms with E-state index in [9.17, 15) is 0 Å². The van der Waals surface area contributed by atoms with Crippen molar-refractivity contribution in [2.24, 2.45) is 4.99 Å². The largest absolute Gasteiger partial charge is 0.248 e. The lowest BCUT2D eigenvalue weighted by Gasteiger charge is -1.80. The van der Waals surface area contributed by atoms with Crippen LogP contribution in [0.25, 0.3) is 0 Å². The van der Waals surface area contributed by atoms with Gasteiger partial charge in [-0.15, -0.1) is 0 Å². The molecule has 0 aromatic carbocycles. The smallest absolute Gasteiger partial charge is 0.103 e. The summed E-state index contributed by atoms with van der Waals surface area (Å²) in [5, 5.41) is 1.12. The van der Waals surface area contributed by atoms with Gasteiger partial charge in [0.05, 0.1) is 0 Å². The molecule has 0 aromatic rings. The molecule has 0 atom stereocenters. The lowest BCUT2D eigenvalue weighted by molar-refractivity contribution is 1.49. The highest BCUT2D eigenvalue weighted by atomic mass is 35.5. The fourth-order valence-corrected chi connectivity index (χ4v) is 0.275. The highest BCUT2D eigenvalue weighted by molar-refractivity contribution is 6.64. The van der Waals surface area contributed by atoms with Crippen LogP contribution in [0.3, 0.4) is 0 Å². The van der Waals surface area contributed by atoms with Crippen LogP contribution in [0.4, 0.5) is 0 Å². The molecule has 0 radical (unpaired) electrons. The van der Waals surface area contributed by atoms with E-state index in [0.29, 0.717) is 10.2 Å². The van der Waals surface area contributed by atoms with Crippen LogP contribution in [0.15, 0.2) is 16.2 Å². The molecule has 0 saturated heterocycles. The van der Waals surface area contributed by atoms with Gasteiger partial charge in [-0.05, 0) is 13.8 Å². The summed E-state index contributed by atoms with van der Waals surface area (Å²) in [6.45, 7) is 3.43. The zero-order valence-corrected chi connectivity index (χ0v) is 6.29. The first-order valence-corrected chi connectivity index (χ1v) is 2.90. The second-order valence-electron chi connectivity index (χ2n) is 1.34. The Bertz CT molecular complexity index is 102. The first kappa shape index (κ1) is 7.99. The van der Waals surface area contributed by atoms with Gasteiger partial charge >= 0.3 is 0 Å². The Kier molecular flexibility index (Phi) is 3.92. The van der Waals surface area contributed by atoms with Crippen LogP contribution in [0.2, 0.25) is 0 Å². The average molecular weight is 152 g/mol. The molecule has 0 rings (SSSR count). The molecule has 0 aliphatic rings. The monoisotopic (exact) mass is 151 g/mol. The topological polar surface area (TPSA) is 12.4 Å². The molecule has 0 amide bonds. The summed E-state index contributed by atoms with van der Waals surface area (Å²) >= 11 is 10.8. The van der Waals surface area contributed by atoms with Crippen molar-refractivity contribution in [3.63, 3.8) is 0 Å². The van der Waals surface area contributed by atoms with E-state index in [1.165, 1.54) is 6.20 Å². The SMILES string of the molecule is CC(Cl)=N/C=C(\C)Cl. The number of allylic oxidation sites excluding steroid dienone is 1. The van der Waals surface area contributed by atoms with E-state index < -0.39 is 0 Å². The molecule has 0 N–H and O–H groups in total. The quantitative estimate of drug-likeness (QED) is 0.512. The third-order valence-electron chi connectivity index (χ3n) is 0.420. The molecular formula is C5H7Cl2N. The Morgan fingerprint density at radius 3 is 2.00 bits per heavy atom. The lowest BCUT2D eigenvalue weighted by atomic mass is 10.7. The molecule has 0 aromatic heterocycles. The maximum absolute atomic E-state index is 5.42. The number of nitrogens with zero attached hydrogens (tertiary/aromatic N) is 1. The minimum absolute atomic E-state index is 0.491. The number of hydrogen-bond acceptors (Lipinski definition) is 1.